The second-order valence-corrected chi connectivity index (χ2v) is 4.32. The molecule has 0 aliphatic heterocycles. The monoisotopic (exact) mass is 198 g/mol. The third-order valence-electron chi connectivity index (χ3n) is 2.61. The number of hydrogen-bond acceptors (Lipinski definition) is 1. The van der Waals surface area contributed by atoms with Crippen LogP contribution < -0.4 is 0 Å². The Bertz CT molecular complexity index is 315. The minimum Gasteiger partial charge on any atom is -0.251 e. The van der Waals surface area contributed by atoms with E-state index < -0.39 is 0 Å². The van der Waals surface area contributed by atoms with Crippen LogP contribution in [-0.2, 0) is 12.8 Å². The number of halogens is 1. The number of aromatic nitrogens is 2. The van der Waals surface area contributed by atoms with E-state index in [1.54, 1.807) is 0 Å². The molecular formula is C10H15ClN2. The van der Waals surface area contributed by atoms with Gasteiger partial charge in [-0.1, -0.05) is 11.6 Å². The molecule has 1 aromatic rings. The molecule has 0 bridgehead atoms. The Labute approximate surface area is 83.9 Å². The van der Waals surface area contributed by atoms with Gasteiger partial charge in [0.2, 0.25) is 0 Å². The molecule has 0 atom stereocenters. The molecule has 1 aliphatic rings. The van der Waals surface area contributed by atoms with Crippen molar-refractivity contribution in [2.75, 3.05) is 0 Å². The lowest BCUT2D eigenvalue weighted by atomic mass is 9.99. The topological polar surface area (TPSA) is 17.8 Å². The summed E-state index contributed by atoms with van der Waals surface area (Å²) < 4.78 is 1.94. The van der Waals surface area contributed by atoms with Gasteiger partial charge in [0.25, 0.3) is 0 Å². The van der Waals surface area contributed by atoms with Crippen molar-refractivity contribution in [3.63, 3.8) is 0 Å². The number of rotatable bonds is 1. The lowest BCUT2D eigenvalue weighted by Gasteiger charge is -2.08. The molecule has 0 N–H and O–H groups in total. The van der Waals surface area contributed by atoms with Crippen LogP contribution in [0.2, 0.25) is 5.15 Å². The van der Waals surface area contributed by atoms with Crippen LogP contribution in [0.4, 0.5) is 0 Å². The Morgan fingerprint density at radius 3 is 2.62 bits per heavy atom. The highest BCUT2D eigenvalue weighted by Crippen LogP contribution is 2.29. The maximum Gasteiger partial charge on any atom is 0.130 e. The zero-order valence-corrected chi connectivity index (χ0v) is 8.93. The minimum atomic E-state index is 0.373. The van der Waals surface area contributed by atoms with Gasteiger partial charge in [0.1, 0.15) is 5.15 Å². The lowest BCUT2D eigenvalue weighted by Crippen LogP contribution is -2.03. The zero-order chi connectivity index (χ0) is 9.42. The van der Waals surface area contributed by atoms with E-state index in [1.165, 1.54) is 24.1 Å². The fourth-order valence-electron chi connectivity index (χ4n) is 1.88. The van der Waals surface area contributed by atoms with E-state index >= 15 is 0 Å². The predicted octanol–water partition coefficient (Wildman–Crippen LogP) is 3.00. The highest BCUT2D eigenvalue weighted by molar-refractivity contribution is 6.30. The van der Waals surface area contributed by atoms with Crippen LogP contribution in [0, 0.1) is 0 Å². The van der Waals surface area contributed by atoms with Gasteiger partial charge in [-0.2, -0.15) is 5.10 Å². The van der Waals surface area contributed by atoms with E-state index in [4.69, 9.17) is 11.6 Å². The van der Waals surface area contributed by atoms with Crippen LogP contribution in [0.25, 0.3) is 0 Å². The van der Waals surface area contributed by atoms with Crippen LogP contribution in [0.15, 0.2) is 0 Å². The highest BCUT2D eigenvalue weighted by atomic mass is 35.5. The summed E-state index contributed by atoms with van der Waals surface area (Å²) in [4.78, 5) is 0. The zero-order valence-electron chi connectivity index (χ0n) is 8.18. The first-order valence-electron chi connectivity index (χ1n) is 4.96. The third kappa shape index (κ3) is 1.48. The predicted molar refractivity (Wildman–Crippen MR) is 54.3 cm³/mol. The summed E-state index contributed by atoms with van der Waals surface area (Å²) in [5.74, 6) is 0. The molecule has 72 valence electrons. The largest absolute Gasteiger partial charge is 0.251 e. The first-order valence-corrected chi connectivity index (χ1v) is 5.33. The Kier molecular flexibility index (Phi) is 2.33. The molecule has 3 heteroatoms. The molecule has 1 aliphatic carbocycles. The first kappa shape index (κ1) is 9.07. The average molecular weight is 199 g/mol. The Balaban J connectivity index is 2.44. The molecule has 0 aromatic carbocycles. The van der Waals surface area contributed by atoms with Crippen LogP contribution >= 0.6 is 11.6 Å². The van der Waals surface area contributed by atoms with Gasteiger partial charge in [0, 0.05) is 11.6 Å². The van der Waals surface area contributed by atoms with Crippen molar-refractivity contribution in [2.45, 2.75) is 45.6 Å². The molecule has 0 saturated heterocycles. The van der Waals surface area contributed by atoms with Gasteiger partial charge in [0.05, 0.1) is 5.69 Å². The van der Waals surface area contributed by atoms with Gasteiger partial charge in [-0.15, -0.1) is 0 Å². The van der Waals surface area contributed by atoms with Crippen molar-refractivity contribution in [2.24, 2.45) is 0 Å². The normalized spacial score (nSPS) is 16.3. The number of nitrogens with zero attached hydrogens (tertiary/aromatic N) is 2. The van der Waals surface area contributed by atoms with Gasteiger partial charge in [-0.25, -0.2) is 0 Å². The minimum absolute atomic E-state index is 0.373. The van der Waals surface area contributed by atoms with E-state index in [2.05, 4.69) is 18.9 Å². The molecule has 2 nitrogen and oxygen atoms in total. The molecule has 0 spiro atoms. The molecule has 1 aromatic heterocycles. The Hall–Kier alpha value is -0.500. The average Bonchev–Trinajstić information content (AvgIpc) is 2.45. The molecule has 1 heterocycles. The van der Waals surface area contributed by atoms with Gasteiger partial charge < -0.3 is 0 Å². The number of aryl methyl sites for hydroxylation is 1. The summed E-state index contributed by atoms with van der Waals surface area (Å²) in [6.45, 7) is 4.23. The van der Waals surface area contributed by atoms with Crippen LogP contribution in [0.5, 0.6) is 0 Å². The number of fused-ring (bicyclic) bond motifs is 1. The summed E-state index contributed by atoms with van der Waals surface area (Å²) in [5, 5.41) is 5.40. The quantitative estimate of drug-likeness (QED) is 0.679. The molecular weight excluding hydrogens is 184 g/mol. The Morgan fingerprint density at radius 1 is 1.31 bits per heavy atom. The molecule has 0 fully saturated rings. The second-order valence-electron chi connectivity index (χ2n) is 3.96. The summed E-state index contributed by atoms with van der Waals surface area (Å²) in [5.41, 5.74) is 2.52. The third-order valence-corrected chi connectivity index (χ3v) is 3.01. The molecule has 0 amide bonds. The van der Waals surface area contributed by atoms with Crippen molar-refractivity contribution in [3.05, 3.63) is 16.4 Å². The SMILES string of the molecule is CC(C)n1nc2c(c1Cl)CCCC2. The summed E-state index contributed by atoms with van der Waals surface area (Å²) >= 11 is 6.24. The van der Waals surface area contributed by atoms with Crippen molar-refractivity contribution in [1.29, 1.82) is 0 Å². The molecule has 0 saturated carbocycles. The Morgan fingerprint density at radius 2 is 2.00 bits per heavy atom. The molecule has 0 unspecified atom stereocenters. The van der Waals surface area contributed by atoms with Crippen LogP contribution in [0.3, 0.4) is 0 Å². The maximum absolute atomic E-state index is 6.24. The number of hydrogen-bond donors (Lipinski definition) is 0. The van der Waals surface area contributed by atoms with E-state index in [0.29, 0.717) is 6.04 Å². The lowest BCUT2D eigenvalue weighted by molar-refractivity contribution is 0.526. The summed E-state index contributed by atoms with van der Waals surface area (Å²) in [6.07, 6.45) is 4.74. The standard InChI is InChI=1S/C10H15ClN2/c1-7(2)13-10(11)8-5-3-4-6-9(8)12-13/h7H,3-6H2,1-2H3. The molecule has 0 radical (unpaired) electrons. The highest BCUT2D eigenvalue weighted by Gasteiger charge is 2.19. The van der Waals surface area contributed by atoms with Crippen molar-refractivity contribution >= 4 is 11.6 Å². The van der Waals surface area contributed by atoms with Gasteiger partial charge in [-0.3, -0.25) is 4.68 Å². The smallest absolute Gasteiger partial charge is 0.130 e. The van der Waals surface area contributed by atoms with Crippen LogP contribution in [0.1, 0.15) is 44.0 Å². The molecule has 13 heavy (non-hydrogen) atoms. The van der Waals surface area contributed by atoms with E-state index in [0.717, 1.165) is 18.0 Å². The molecule has 2 rings (SSSR count). The second kappa shape index (κ2) is 3.33. The fourth-order valence-corrected chi connectivity index (χ4v) is 2.31. The summed E-state index contributed by atoms with van der Waals surface area (Å²) in [6, 6.07) is 0.373. The maximum atomic E-state index is 6.24. The first-order chi connectivity index (χ1) is 6.20. The van der Waals surface area contributed by atoms with E-state index in [1.807, 2.05) is 4.68 Å². The van der Waals surface area contributed by atoms with Crippen molar-refractivity contribution in [3.8, 4) is 0 Å². The van der Waals surface area contributed by atoms with E-state index in [9.17, 15) is 0 Å². The fraction of sp³-hybridized carbons (Fsp3) is 0.700. The van der Waals surface area contributed by atoms with Gasteiger partial charge in [-0.05, 0) is 39.5 Å². The van der Waals surface area contributed by atoms with Crippen molar-refractivity contribution in [1.82, 2.24) is 9.78 Å². The van der Waals surface area contributed by atoms with E-state index in [-0.39, 0.29) is 0 Å². The van der Waals surface area contributed by atoms with Crippen molar-refractivity contribution < 1.29 is 0 Å². The van der Waals surface area contributed by atoms with Crippen LogP contribution in [-0.4, -0.2) is 9.78 Å². The van der Waals surface area contributed by atoms with Gasteiger partial charge >= 0.3 is 0 Å². The van der Waals surface area contributed by atoms with Gasteiger partial charge in [0.15, 0.2) is 0 Å². The summed E-state index contributed by atoms with van der Waals surface area (Å²) in [7, 11) is 0.